The lowest BCUT2D eigenvalue weighted by molar-refractivity contribution is -0.898. The molecule has 0 bridgehead atoms. The van der Waals surface area contributed by atoms with Gasteiger partial charge in [0.25, 0.3) is 6.04 Å². The molecular formula is C13H11F17NO2+. The van der Waals surface area contributed by atoms with Crippen LogP contribution in [0.3, 0.4) is 0 Å². The maximum atomic E-state index is 14.0. The smallest absolute Gasteiger partial charge is 0.460 e. The zero-order chi connectivity index (χ0) is 27.7. The lowest BCUT2D eigenvalue weighted by Gasteiger charge is -2.44. The zero-order valence-electron chi connectivity index (χ0n) is 15.8. The molecule has 20 heteroatoms. The Labute approximate surface area is 171 Å². The molecule has 0 aliphatic rings. The lowest BCUT2D eigenvalue weighted by atomic mass is 9.86. The minimum atomic E-state index is -8.75. The summed E-state index contributed by atoms with van der Waals surface area (Å²) in [5.74, 6) is -61.0. The van der Waals surface area contributed by atoms with Crippen LogP contribution in [-0.2, 0) is 4.79 Å². The fourth-order valence-electron chi connectivity index (χ4n) is 2.32. The van der Waals surface area contributed by atoms with Crippen LogP contribution in [0.1, 0.15) is 0 Å². The van der Waals surface area contributed by atoms with Crippen LogP contribution in [-0.4, -0.2) is 90.4 Å². The van der Waals surface area contributed by atoms with Gasteiger partial charge in [0.15, 0.2) is 0 Å². The van der Waals surface area contributed by atoms with E-state index in [9.17, 15) is 79.4 Å². The van der Waals surface area contributed by atoms with Crippen molar-refractivity contribution in [3.8, 4) is 0 Å². The maximum Gasteiger partial charge on any atom is 0.460 e. The van der Waals surface area contributed by atoms with Gasteiger partial charge in [0.1, 0.15) is 0 Å². The molecule has 1 atom stereocenters. The highest BCUT2D eigenvalue weighted by Crippen LogP contribution is 2.64. The normalized spacial score (nSPS) is 17.2. The van der Waals surface area contributed by atoms with Crippen LogP contribution in [0.5, 0.6) is 0 Å². The Kier molecular flexibility index (Phi) is 7.22. The standard InChI is InChI=1S/C13H10F17NO2/c1-31(2,3)4(5(32)33)6(14,15)7(16,17)8(18,19)9(20,21)10(22,23)11(24,25)12(26,27)13(28,29)30/h4H,1-3H3/p+1. The van der Waals surface area contributed by atoms with Crippen LogP contribution in [0.25, 0.3) is 0 Å². The first-order valence-electron chi connectivity index (χ1n) is 7.57. The van der Waals surface area contributed by atoms with Crippen molar-refractivity contribution in [2.75, 3.05) is 21.1 Å². The summed E-state index contributed by atoms with van der Waals surface area (Å²) in [4.78, 5) is 10.9. The molecule has 0 rings (SSSR count). The van der Waals surface area contributed by atoms with Crippen molar-refractivity contribution in [2.24, 2.45) is 0 Å². The molecule has 0 radical (unpaired) electrons. The van der Waals surface area contributed by atoms with Crippen molar-refractivity contribution >= 4 is 5.97 Å². The van der Waals surface area contributed by atoms with E-state index >= 15 is 0 Å². The maximum absolute atomic E-state index is 14.0. The van der Waals surface area contributed by atoms with Crippen LogP contribution >= 0.6 is 0 Å². The number of quaternary nitrogens is 1. The summed E-state index contributed by atoms with van der Waals surface area (Å²) >= 11 is 0. The second-order valence-corrected chi connectivity index (χ2v) is 7.42. The molecule has 198 valence electrons. The number of halogens is 17. The van der Waals surface area contributed by atoms with Crippen molar-refractivity contribution < 1.29 is 89.0 Å². The lowest BCUT2D eigenvalue weighted by Crippen LogP contribution is -2.77. The summed E-state index contributed by atoms with van der Waals surface area (Å²) in [6.45, 7) is 0. The van der Waals surface area contributed by atoms with Gasteiger partial charge in [-0.25, -0.2) is 4.79 Å². The van der Waals surface area contributed by atoms with Gasteiger partial charge < -0.3 is 9.59 Å². The number of hydrogen-bond acceptors (Lipinski definition) is 1. The van der Waals surface area contributed by atoms with E-state index in [2.05, 4.69) is 0 Å². The quantitative estimate of drug-likeness (QED) is 0.327. The van der Waals surface area contributed by atoms with Gasteiger partial charge in [-0.3, -0.25) is 0 Å². The van der Waals surface area contributed by atoms with Gasteiger partial charge in [-0.15, -0.1) is 0 Å². The molecule has 0 saturated heterocycles. The highest BCUT2D eigenvalue weighted by Gasteiger charge is 2.96. The van der Waals surface area contributed by atoms with Crippen LogP contribution in [0.2, 0.25) is 0 Å². The summed E-state index contributed by atoms with van der Waals surface area (Å²) in [5, 5.41) is 8.61. The Balaban J connectivity index is 7.04. The highest BCUT2D eigenvalue weighted by atomic mass is 19.4. The van der Waals surface area contributed by atoms with Crippen molar-refractivity contribution in [1.29, 1.82) is 0 Å². The SMILES string of the molecule is C[N+](C)(C)C(C(=O)O)C(F)(F)C(F)(F)C(F)(F)C(F)(F)C(F)(F)C(F)(F)C(F)(F)C(F)(F)F. The van der Waals surface area contributed by atoms with Crippen molar-refractivity contribution in [2.45, 2.75) is 53.7 Å². The number of carbonyl (C=O) groups is 1. The molecule has 0 fully saturated rings. The average molecular weight is 536 g/mol. The summed E-state index contributed by atoms with van der Waals surface area (Å²) in [6.07, 6.45) is -7.84. The molecule has 0 aromatic rings. The third-order valence-electron chi connectivity index (χ3n) is 4.10. The summed E-state index contributed by atoms with van der Waals surface area (Å²) in [6, 6.07) is -4.18. The minimum absolute atomic E-state index is 0.270. The third-order valence-corrected chi connectivity index (χ3v) is 4.10. The topological polar surface area (TPSA) is 37.3 Å². The van der Waals surface area contributed by atoms with Gasteiger partial charge >= 0.3 is 53.6 Å². The fraction of sp³-hybridized carbons (Fsp3) is 0.923. The van der Waals surface area contributed by atoms with E-state index in [0.29, 0.717) is 0 Å². The number of aliphatic carboxylic acids is 1. The number of carboxylic acids is 1. The Morgan fingerprint density at radius 2 is 0.788 bits per heavy atom. The highest BCUT2D eigenvalue weighted by molar-refractivity contribution is 5.74. The van der Waals surface area contributed by atoms with Crippen LogP contribution in [0, 0.1) is 0 Å². The molecule has 0 aliphatic heterocycles. The number of alkyl halides is 17. The van der Waals surface area contributed by atoms with E-state index in [1.807, 2.05) is 0 Å². The predicted octanol–water partition coefficient (Wildman–Crippen LogP) is 5.16. The number of likely N-dealkylation sites (N-methyl/N-ethyl adjacent to an activating group) is 1. The number of hydrogen-bond donors (Lipinski definition) is 1. The minimum Gasteiger partial charge on any atom is -0.477 e. The Morgan fingerprint density at radius 3 is 1.00 bits per heavy atom. The van der Waals surface area contributed by atoms with Gasteiger partial charge in [0.2, 0.25) is 0 Å². The van der Waals surface area contributed by atoms with Crippen LogP contribution in [0.15, 0.2) is 0 Å². The molecule has 0 saturated carbocycles. The van der Waals surface area contributed by atoms with Gasteiger partial charge in [0, 0.05) is 0 Å². The van der Waals surface area contributed by atoms with Crippen molar-refractivity contribution in [3.63, 3.8) is 0 Å². The largest absolute Gasteiger partial charge is 0.477 e. The molecule has 0 aromatic heterocycles. The van der Waals surface area contributed by atoms with E-state index in [0.717, 1.165) is 0 Å². The number of nitrogens with zero attached hydrogens (tertiary/aromatic N) is 1. The first-order valence-corrected chi connectivity index (χ1v) is 7.57. The van der Waals surface area contributed by atoms with Gasteiger partial charge in [-0.2, -0.15) is 74.6 Å². The van der Waals surface area contributed by atoms with Crippen LogP contribution in [0.4, 0.5) is 74.6 Å². The van der Waals surface area contributed by atoms with Crippen molar-refractivity contribution in [3.05, 3.63) is 0 Å². The van der Waals surface area contributed by atoms with E-state index in [-0.39, 0.29) is 21.1 Å². The molecular weight excluding hydrogens is 525 g/mol. The Morgan fingerprint density at radius 1 is 0.545 bits per heavy atom. The van der Waals surface area contributed by atoms with E-state index in [4.69, 9.17) is 5.11 Å². The van der Waals surface area contributed by atoms with E-state index in [1.54, 1.807) is 0 Å². The number of carboxylic acid groups (broad SMARTS) is 1. The van der Waals surface area contributed by atoms with E-state index < -0.39 is 64.1 Å². The molecule has 0 aromatic carbocycles. The molecule has 0 heterocycles. The van der Waals surface area contributed by atoms with Gasteiger partial charge in [0.05, 0.1) is 21.1 Å². The second-order valence-electron chi connectivity index (χ2n) is 7.42. The molecule has 0 amide bonds. The summed E-state index contributed by atoms with van der Waals surface area (Å²) in [5.41, 5.74) is 0. The summed E-state index contributed by atoms with van der Waals surface area (Å²) < 4.78 is 222. The third kappa shape index (κ3) is 4.04. The van der Waals surface area contributed by atoms with Gasteiger partial charge in [-0.05, 0) is 0 Å². The molecule has 1 unspecified atom stereocenters. The molecule has 3 nitrogen and oxygen atoms in total. The monoisotopic (exact) mass is 536 g/mol. The number of rotatable bonds is 9. The molecule has 1 N–H and O–H groups in total. The van der Waals surface area contributed by atoms with Gasteiger partial charge in [-0.1, -0.05) is 0 Å². The summed E-state index contributed by atoms with van der Waals surface area (Å²) in [7, 11) is 0.809. The average Bonchev–Trinajstić information content (AvgIpc) is 2.50. The first kappa shape index (κ1) is 31.2. The van der Waals surface area contributed by atoms with E-state index in [1.165, 1.54) is 0 Å². The van der Waals surface area contributed by atoms with Crippen molar-refractivity contribution in [1.82, 2.24) is 0 Å². The van der Waals surface area contributed by atoms with Crippen LogP contribution < -0.4 is 0 Å². The molecule has 33 heavy (non-hydrogen) atoms. The zero-order valence-corrected chi connectivity index (χ0v) is 15.8. The predicted molar refractivity (Wildman–Crippen MR) is 70.1 cm³/mol. The molecule has 0 spiro atoms. The Bertz CT molecular complexity index is 749. The molecule has 0 aliphatic carbocycles. The first-order chi connectivity index (χ1) is 13.8. The Hall–Kier alpha value is -1.76. The fourth-order valence-corrected chi connectivity index (χ4v) is 2.32. The second kappa shape index (κ2) is 7.62.